The van der Waals surface area contributed by atoms with E-state index in [9.17, 15) is 5.11 Å². The van der Waals surface area contributed by atoms with Crippen LogP contribution >= 0.6 is 11.3 Å². The summed E-state index contributed by atoms with van der Waals surface area (Å²) in [7, 11) is 0. The number of aliphatic hydroxyl groups is 1. The Morgan fingerprint density at radius 1 is 1.25 bits per heavy atom. The van der Waals surface area contributed by atoms with Crippen molar-refractivity contribution < 1.29 is 9.63 Å². The van der Waals surface area contributed by atoms with Crippen LogP contribution in [-0.4, -0.2) is 21.8 Å². The van der Waals surface area contributed by atoms with Crippen molar-refractivity contribution in [1.29, 1.82) is 0 Å². The molecule has 2 heterocycles. The highest BCUT2D eigenvalue weighted by molar-refractivity contribution is 7.07. The summed E-state index contributed by atoms with van der Waals surface area (Å²) >= 11 is 1.55. The lowest BCUT2D eigenvalue weighted by Gasteiger charge is -2.08. The van der Waals surface area contributed by atoms with Crippen molar-refractivity contribution in [3.63, 3.8) is 0 Å². The van der Waals surface area contributed by atoms with Gasteiger partial charge in [0.1, 0.15) is 0 Å². The van der Waals surface area contributed by atoms with E-state index < -0.39 is 6.10 Å². The molecule has 20 heavy (non-hydrogen) atoms. The van der Waals surface area contributed by atoms with Gasteiger partial charge in [-0.2, -0.15) is 16.3 Å². The molecule has 0 saturated heterocycles. The molecular formula is C14H13N3O2S. The Kier molecular flexibility index (Phi) is 3.76. The normalized spacial score (nSPS) is 12.2. The summed E-state index contributed by atoms with van der Waals surface area (Å²) in [6.45, 7) is 0.338. The average Bonchev–Trinajstić information content (AvgIpc) is 3.17. The summed E-state index contributed by atoms with van der Waals surface area (Å²) in [4.78, 5) is 4.24. The highest BCUT2D eigenvalue weighted by Crippen LogP contribution is 2.19. The Hall–Kier alpha value is -2.18. The number of hydrogen-bond donors (Lipinski definition) is 2. The number of benzene rings is 1. The molecule has 3 rings (SSSR count). The molecule has 0 aliphatic heterocycles. The predicted molar refractivity (Wildman–Crippen MR) is 77.5 cm³/mol. The Morgan fingerprint density at radius 3 is 2.85 bits per heavy atom. The molecule has 6 heteroatoms. The lowest BCUT2D eigenvalue weighted by molar-refractivity contribution is 0.192. The molecular weight excluding hydrogens is 274 g/mol. The summed E-state index contributed by atoms with van der Waals surface area (Å²) in [6.07, 6.45) is -0.583. The monoisotopic (exact) mass is 287 g/mol. The van der Waals surface area contributed by atoms with E-state index in [0.29, 0.717) is 18.4 Å². The van der Waals surface area contributed by atoms with Crippen molar-refractivity contribution in [1.82, 2.24) is 10.1 Å². The number of nitrogens with one attached hydrogen (secondary N) is 1. The quantitative estimate of drug-likeness (QED) is 0.755. The first kappa shape index (κ1) is 12.8. The van der Waals surface area contributed by atoms with E-state index in [2.05, 4.69) is 15.5 Å². The van der Waals surface area contributed by atoms with Crippen LogP contribution in [0.1, 0.15) is 11.7 Å². The van der Waals surface area contributed by atoms with Gasteiger partial charge in [-0.25, -0.2) is 0 Å². The number of anilines is 1. The molecule has 0 fully saturated rings. The molecule has 3 aromatic rings. The van der Waals surface area contributed by atoms with E-state index in [4.69, 9.17) is 4.52 Å². The van der Waals surface area contributed by atoms with Crippen LogP contribution in [0, 0.1) is 0 Å². The fraction of sp³-hybridized carbons (Fsp3) is 0.143. The molecule has 2 N–H and O–H groups in total. The molecule has 5 nitrogen and oxygen atoms in total. The van der Waals surface area contributed by atoms with E-state index in [1.54, 1.807) is 11.3 Å². The standard InChI is InChI=1S/C14H13N3O2S/c18-12(11-6-7-20-9-11)8-15-14-16-13(19-17-14)10-4-2-1-3-5-10/h1-7,9,12,18H,8H2,(H,15,17). The maximum absolute atomic E-state index is 9.95. The Bertz CT molecular complexity index is 652. The molecule has 0 radical (unpaired) electrons. The number of aliphatic hydroxyl groups excluding tert-OH is 1. The van der Waals surface area contributed by atoms with Crippen molar-refractivity contribution in [3.05, 3.63) is 52.7 Å². The third kappa shape index (κ3) is 2.87. The van der Waals surface area contributed by atoms with Crippen molar-refractivity contribution in [2.24, 2.45) is 0 Å². The van der Waals surface area contributed by atoms with Gasteiger partial charge in [0.25, 0.3) is 11.8 Å². The molecule has 0 amide bonds. The van der Waals surface area contributed by atoms with Gasteiger partial charge >= 0.3 is 0 Å². The molecule has 0 spiro atoms. The number of thiophene rings is 1. The minimum atomic E-state index is -0.583. The molecule has 0 saturated carbocycles. The summed E-state index contributed by atoms with van der Waals surface area (Å²) in [6, 6.07) is 11.4. The van der Waals surface area contributed by atoms with Crippen molar-refractivity contribution >= 4 is 17.3 Å². The molecule has 0 aliphatic carbocycles. The molecule has 1 atom stereocenters. The van der Waals surface area contributed by atoms with Gasteiger partial charge in [0.05, 0.1) is 6.10 Å². The Balaban J connectivity index is 1.63. The first-order valence-corrected chi connectivity index (χ1v) is 7.10. The maximum Gasteiger partial charge on any atom is 0.263 e. The van der Waals surface area contributed by atoms with Gasteiger partial charge in [-0.3, -0.25) is 0 Å². The molecule has 1 unspecified atom stereocenters. The smallest absolute Gasteiger partial charge is 0.263 e. The van der Waals surface area contributed by atoms with Crippen LogP contribution in [-0.2, 0) is 0 Å². The second-order valence-electron chi connectivity index (χ2n) is 4.24. The van der Waals surface area contributed by atoms with Crippen LogP contribution in [0.15, 0.2) is 51.7 Å². The van der Waals surface area contributed by atoms with E-state index >= 15 is 0 Å². The van der Waals surface area contributed by atoms with Crippen LogP contribution in [0.25, 0.3) is 11.5 Å². The van der Waals surface area contributed by atoms with Crippen LogP contribution in [0.5, 0.6) is 0 Å². The third-order valence-corrected chi connectivity index (χ3v) is 3.53. The molecule has 0 bridgehead atoms. The summed E-state index contributed by atoms with van der Waals surface area (Å²) in [5, 5.41) is 20.6. The molecule has 2 aromatic heterocycles. The van der Waals surface area contributed by atoms with Crippen LogP contribution in [0.3, 0.4) is 0 Å². The fourth-order valence-electron chi connectivity index (χ4n) is 1.76. The first-order valence-electron chi connectivity index (χ1n) is 6.16. The van der Waals surface area contributed by atoms with Gasteiger partial charge in [0.15, 0.2) is 0 Å². The summed E-state index contributed by atoms with van der Waals surface area (Å²) < 4.78 is 5.17. The van der Waals surface area contributed by atoms with Crippen molar-refractivity contribution in [3.8, 4) is 11.5 Å². The van der Waals surface area contributed by atoms with E-state index in [-0.39, 0.29) is 0 Å². The fourth-order valence-corrected chi connectivity index (χ4v) is 2.47. The van der Waals surface area contributed by atoms with E-state index in [0.717, 1.165) is 11.1 Å². The van der Waals surface area contributed by atoms with E-state index in [1.165, 1.54) is 0 Å². The van der Waals surface area contributed by atoms with Gasteiger partial charge in [0, 0.05) is 12.1 Å². The van der Waals surface area contributed by atoms with Crippen LogP contribution in [0.4, 0.5) is 5.95 Å². The van der Waals surface area contributed by atoms with Crippen molar-refractivity contribution in [2.75, 3.05) is 11.9 Å². The third-order valence-electron chi connectivity index (χ3n) is 2.83. The van der Waals surface area contributed by atoms with Gasteiger partial charge < -0.3 is 14.9 Å². The zero-order valence-electron chi connectivity index (χ0n) is 10.6. The molecule has 1 aromatic carbocycles. The average molecular weight is 287 g/mol. The van der Waals surface area contributed by atoms with Gasteiger partial charge in [-0.15, -0.1) is 0 Å². The zero-order chi connectivity index (χ0) is 13.8. The lowest BCUT2D eigenvalue weighted by atomic mass is 10.2. The highest BCUT2D eigenvalue weighted by atomic mass is 32.1. The molecule has 0 aliphatic rings. The second kappa shape index (κ2) is 5.85. The number of rotatable bonds is 5. The SMILES string of the molecule is OC(CNc1noc(-c2ccccc2)n1)c1ccsc1. The van der Waals surface area contributed by atoms with Crippen LogP contribution < -0.4 is 5.32 Å². The predicted octanol–water partition coefficient (Wildman–Crippen LogP) is 2.94. The van der Waals surface area contributed by atoms with Gasteiger partial charge in [-0.1, -0.05) is 18.2 Å². The largest absolute Gasteiger partial charge is 0.387 e. The number of nitrogens with zero attached hydrogens (tertiary/aromatic N) is 2. The van der Waals surface area contributed by atoms with Gasteiger partial charge in [0.2, 0.25) is 0 Å². The summed E-state index contributed by atoms with van der Waals surface area (Å²) in [5.41, 5.74) is 1.75. The number of hydrogen-bond acceptors (Lipinski definition) is 6. The first-order chi connectivity index (χ1) is 9.83. The Labute approximate surface area is 119 Å². The second-order valence-corrected chi connectivity index (χ2v) is 5.02. The minimum Gasteiger partial charge on any atom is -0.387 e. The van der Waals surface area contributed by atoms with Crippen LogP contribution in [0.2, 0.25) is 0 Å². The highest BCUT2D eigenvalue weighted by Gasteiger charge is 2.11. The van der Waals surface area contributed by atoms with Gasteiger partial charge in [-0.05, 0) is 39.7 Å². The molecule has 102 valence electrons. The minimum absolute atomic E-state index is 0.338. The van der Waals surface area contributed by atoms with Crippen molar-refractivity contribution in [2.45, 2.75) is 6.10 Å². The maximum atomic E-state index is 9.95. The topological polar surface area (TPSA) is 71.2 Å². The lowest BCUT2D eigenvalue weighted by Crippen LogP contribution is -2.12. The zero-order valence-corrected chi connectivity index (χ0v) is 11.4. The van der Waals surface area contributed by atoms with E-state index in [1.807, 2.05) is 47.2 Å². The number of aromatic nitrogens is 2. The Morgan fingerprint density at radius 2 is 2.10 bits per heavy atom. The summed E-state index contributed by atoms with van der Waals surface area (Å²) in [5.74, 6) is 0.830.